The highest BCUT2D eigenvalue weighted by Gasteiger charge is 2.58. The summed E-state index contributed by atoms with van der Waals surface area (Å²) in [4.78, 5) is 33.2. The van der Waals surface area contributed by atoms with E-state index >= 15 is 0 Å². The van der Waals surface area contributed by atoms with E-state index in [-0.39, 0.29) is 16.9 Å². The number of aromatic amines is 2. The molecule has 1 saturated carbocycles. The molecule has 1 amide bonds. The molecule has 2 unspecified atom stereocenters. The molecule has 0 bridgehead atoms. The maximum absolute atomic E-state index is 13.2. The highest BCUT2D eigenvalue weighted by Crippen LogP contribution is 2.59. The van der Waals surface area contributed by atoms with Crippen LogP contribution in [0.2, 0.25) is 0 Å². The SMILES string of the molecule is Cc1cccc(C23CCN(C(=O)c4c[nH]c5c(C)c[nH]c(=O)c45)CC2C3)c1. The summed E-state index contributed by atoms with van der Waals surface area (Å²) in [7, 11) is 0. The van der Waals surface area contributed by atoms with Crippen LogP contribution in [-0.4, -0.2) is 33.9 Å². The van der Waals surface area contributed by atoms with E-state index in [1.807, 2.05) is 11.8 Å². The zero-order chi connectivity index (χ0) is 18.8. The van der Waals surface area contributed by atoms with Gasteiger partial charge in [-0.1, -0.05) is 29.8 Å². The Labute approximate surface area is 157 Å². The third kappa shape index (κ3) is 2.37. The van der Waals surface area contributed by atoms with Crippen LogP contribution in [0, 0.1) is 19.8 Å². The number of aryl methyl sites for hydroxylation is 2. The second-order valence-electron chi connectivity index (χ2n) is 8.18. The van der Waals surface area contributed by atoms with E-state index in [0.717, 1.165) is 37.0 Å². The average Bonchev–Trinajstić information content (AvgIpc) is 3.24. The maximum atomic E-state index is 13.2. The Morgan fingerprint density at radius 3 is 2.85 bits per heavy atom. The quantitative estimate of drug-likeness (QED) is 0.735. The van der Waals surface area contributed by atoms with Gasteiger partial charge >= 0.3 is 0 Å². The van der Waals surface area contributed by atoms with Crippen LogP contribution in [0.5, 0.6) is 0 Å². The summed E-state index contributed by atoms with van der Waals surface area (Å²) < 4.78 is 0. The van der Waals surface area contributed by atoms with Crippen molar-refractivity contribution in [3.63, 3.8) is 0 Å². The molecule has 3 heterocycles. The van der Waals surface area contributed by atoms with Gasteiger partial charge in [-0.25, -0.2) is 0 Å². The molecule has 2 atom stereocenters. The summed E-state index contributed by atoms with van der Waals surface area (Å²) in [5.74, 6) is 0.476. The van der Waals surface area contributed by atoms with Crippen LogP contribution in [0.4, 0.5) is 0 Å². The third-order valence-corrected chi connectivity index (χ3v) is 6.53. The smallest absolute Gasteiger partial charge is 0.258 e. The summed E-state index contributed by atoms with van der Waals surface area (Å²) in [6.07, 6.45) is 5.50. The van der Waals surface area contributed by atoms with Gasteiger partial charge in [-0.3, -0.25) is 9.59 Å². The van der Waals surface area contributed by atoms with E-state index < -0.39 is 0 Å². The number of pyridine rings is 1. The standard InChI is InChI=1S/C22H23N3O2/c1-13-4-3-5-15(8-13)22-6-7-25(12-16(22)9-22)21(27)17-11-23-19-14(2)10-24-20(26)18(17)19/h3-5,8,10-11,16,23H,6-7,9,12H2,1-2H3,(H,24,26). The third-order valence-electron chi connectivity index (χ3n) is 6.53. The molecule has 0 spiro atoms. The summed E-state index contributed by atoms with van der Waals surface area (Å²) >= 11 is 0. The second kappa shape index (κ2) is 5.59. The summed E-state index contributed by atoms with van der Waals surface area (Å²) in [6.45, 7) is 5.56. The summed E-state index contributed by atoms with van der Waals surface area (Å²) in [6, 6.07) is 8.78. The van der Waals surface area contributed by atoms with Crippen LogP contribution in [0.15, 0.2) is 41.5 Å². The molecule has 3 aromatic rings. The number of benzene rings is 1. The summed E-state index contributed by atoms with van der Waals surface area (Å²) in [5.41, 5.74) is 4.91. The number of piperidine rings is 1. The number of nitrogens with one attached hydrogen (secondary N) is 2. The normalized spacial score (nSPS) is 24.1. The second-order valence-corrected chi connectivity index (χ2v) is 8.18. The molecular formula is C22H23N3O2. The molecule has 2 aliphatic rings. The molecule has 0 radical (unpaired) electrons. The Hall–Kier alpha value is -2.82. The van der Waals surface area contributed by atoms with Gasteiger partial charge in [0, 0.05) is 30.9 Å². The van der Waals surface area contributed by atoms with Crippen LogP contribution >= 0.6 is 0 Å². The van der Waals surface area contributed by atoms with Crippen LogP contribution in [0.1, 0.15) is 39.9 Å². The minimum Gasteiger partial charge on any atom is -0.360 e. The first-order valence-electron chi connectivity index (χ1n) is 9.55. The number of hydrogen-bond donors (Lipinski definition) is 2. The lowest BCUT2D eigenvalue weighted by Gasteiger charge is -2.32. The summed E-state index contributed by atoms with van der Waals surface area (Å²) in [5, 5.41) is 0.478. The van der Waals surface area contributed by atoms with Gasteiger partial charge in [0.15, 0.2) is 0 Å². The number of rotatable bonds is 2. The van der Waals surface area contributed by atoms with Crippen LogP contribution in [-0.2, 0) is 5.41 Å². The number of fused-ring (bicyclic) bond motifs is 2. The minimum atomic E-state index is -0.210. The van der Waals surface area contributed by atoms with Gasteiger partial charge in [0.25, 0.3) is 11.5 Å². The van der Waals surface area contributed by atoms with Gasteiger partial charge in [0.2, 0.25) is 0 Å². The Balaban J connectivity index is 1.42. The zero-order valence-electron chi connectivity index (χ0n) is 15.6. The van der Waals surface area contributed by atoms with Crippen LogP contribution < -0.4 is 5.56 Å². The van der Waals surface area contributed by atoms with E-state index in [1.54, 1.807) is 12.4 Å². The topological polar surface area (TPSA) is 69.0 Å². The molecule has 2 N–H and O–H groups in total. The Bertz CT molecular complexity index is 1130. The van der Waals surface area contributed by atoms with Gasteiger partial charge in [-0.2, -0.15) is 0 Å². The fourth-order valence-corrected chi connectivity index (χ4v) is 4.88. The number of carbonyl (C=O) groups is 1. The van der Waals surface area contributed by atoms with Crippen molar-refractivity contribution >= 4 is 16.8 Å². The number of hydrogen-bond acceptors (Lipinski definition) is 2. The molecule has 5 nitrogen and oxygen atoms in total. The molecule has 138 valence electrons. The lowest BCUT2D eigenvalue weighted by Crippen LogP contribution is -2.40. The van der Waals surface area contributed by atoms with Crippen molar-refractivity contribution in [1.82, 2.24) is 14.9 Å². The van der Waals surface area contributed by atoms with Gasteiger partial charge < -0.3 is 14.9 Å². The van der Waals surface area contributed by atoms with Crippen molar-refractivity contribution in [2.24, 2.45) is 5.92 Å². The van der Waals surface area contributed by atoms with Crippen LogP contribution in [0.3, 0.4) is 0 Å². The molecule has 27 heavy (non-hydrogen) atoms. The lowest BCUT2D eigenvalue weighted by atomic mass is 9.86. The van der Waals surface area contributed by atoms with Crippen molar-refractivity contribution in [3.05, 3.63) is 69.3 Å². The number of carbonyl (C=O) groups excluding carboxylic acids is 1. The van der Waals surface area contributed by atoms with Crippen molar-refractivity contribution in [2.45, 2.75) is 32.1 Å². The van der Waals surface area contributed by atoms with Gasteiger partial charge in [0.05, 0.1) is 16.5 Å². The molecule has 2 fully saturated rings. The Morgan fingerprint density at radius 2 is 2.07 bits per heavy atom. The zero-order valence-corrected chi connectivity index (χ0v) is 15.6. The largest absolute Gasteiger partial charge is 0.360 e. The fourth-order valence-electron chi connectivity index (χ4n) is 4.88. The molecule has 5 heteroatoms. The van der Waals surface area contributed by atoms with E-state index in [1.165, 1.54) is 11.1 Å². The first-order valence-corrected chi connectivity index (χ1v) is 9.55. The maximum Gasteiger partial charge on any atom is 0.258 e. The minimum absolute atomic E-state index is 0.0397. The molecular weight excluding hydrogens is 338 g/mol. The number of amides is 1. The monoisotopic (exact) mass is 361 g/mol. The molecule has 1 aromatic carbocycles. The first kappa shape index (κ1) is 16.4. The number of likely N-dealkylation sites (tertiary alicyclic amines) is 1. The van der Waals surface area contributed by atoms with E-state index in [2.05, 4.69) is 41.2 Å². The molecule has 5 rings (SSSR count). The highest BCUT2D eigenvalue weighted by atomic mass is 16.2. The Morgan fingerprint density at radius 1 is 1.22 bits per heavy atom. The van der Waals surface area contributed by atoms with E-state index in [4.69, 9.17) is 0 Å². The van der Waals surface area contributed by atoms with Crippen molar-refractivity contribution in [3.8, 4) is 0 Å². The van der Waals surface area contributed by atoms with Crippen molar-refractivity contribution < 1.29 is 4.79 Å². The van der Waals surface area contributed by atoms with E-state index in [9.17, 15) is 9.59 Å². The predicted molar refractivity (Wildman–Crippen MR) is 105 cm³/mol. The van der Waals surface area contributed by atoms with Gasteiger partial charge in [0.1, 0.15) is 0 Å². The first-order chi connectivity index (χ1) is 13.0. The number of H-pyrrole nitrogens is 2. The highest BCUT2D eigenvalue weighted by molar-refractivity contribution is 6.07. The van der Waals surface area contributed by atoms with Crippen molar-refractivity contribution in [1.29, 1.82) is 0 Å². The van der Waals surface area contributed by atoms with Crippen LogP contribution in [0.25, 0.3) is 10.9 Å². The van der Waals surface area contributed by atoms with Crippen molar-refractivity contribution in [2.75, 3.05) is 13.1 Å². The fraction of sp³-hybridized carbons (Fsp3) is 0.364. The average molecular weight is 361 g/mol. The molecule has 1 aliphatic carbocycles. The van der Waals surface area contributed by atoms with Gasteiger partial charge in [-0.05, 0) is 43.7 Å². The molecule has 2 aromatic heterocycles. The van der Waals surface area contributed by atoms with E-state index in [0.29, 0.717) is 16.9 Å². The number of aromatic nitrogens is 2. The lowest BCUT2D eigenvalue weighted by molar-refractivity contribution is 0.0709. The molecule has 1 saturated heterocycles. The Kier molecular flexibility index (Phi) is 3.39. The predicted octanol–water partition coefficient (Wildman–Crippen LogP) is 3.28. The molecule has 1 aliphatic heterocycles. The van der Waals surface area contributed by atoms with Gasteiger partial charge in [-0.15, -0.1) is 0 Å². The number of nitrogens with zero attached hydrogens (tertiary/aromatic N) is 1.